The lowest BCUT2D eigenvalue weighted by atomic mass is 10.1. The summed E-state index contributed by atoms with van der Waals surface area (Å²) < 4.78 is 5.21. The summed E-state index contributed by atoms with van der Waals surface area (Å²) in [5.41, 5.74) is 0. The van der Waals surface area contributed by atoms with E-state index >= 15 is 0 Å². The van der Waals surface area contributed by atoms with Crippen LogP contribution < -0.4 is 10.6 Å². The first-order valence-electron chi connectivity index (χ1n) is 6.05. The van der Waals surface area contributed by atoms with E-state index < -0.39 is 5.97 Å². The number of urea groups is 1. The van der Waals surface area contributed by atoms with Crippen LogP contribution in [0.3, 0.4) is 0 Å². The maximum absolute atomic E-state index is 11.4. The molecule has 0 rings (SSSR count). The molecule has 0 fully saturated rings. The van der Waals surface area contributed by atoms with E-state index in [0.29, 0.717) is 26.2 Å². The van der Waals surface area contributed by atoms with Crippen LogP contribution in [0.25, 0.3) is 0 Å². The van der Waals surface area contributed by atoms with Gasteiger partial charge in [-0.3, -0.25) is 4.79 Å². The van der Waals surface area contributed by atoms with E-state index in [0.717, 1.165) is 6.42 Å². The molecule has 0 aliphatic heterocycles. The molecule has 18 heavy (non-hydrogen) atoms. The quantitative estimate of drug-likeness (QED) is 0.405. The minimum absolute atomic E-state index is 0.0697. The van der Waals surface area contributed by atoms with Crippen molar-refractivity contribution in [1.29, 1.82) is 0 Å². The highest BCUT2D eigenvalue weighted by Crippen LogP contribution is 1.96. The van der Waals surface area contributed by atoms with Gasteiger partial charge in [0.05, 0.1) is 19.6 Å². The number of carboxylic acids is 1. The number of carbonyl (C=O) groups excluding carboxylic acids is 1. The van der Waals surface area contributed by atoms with Crippen LogP contribution in [0, 0.1) is 0 Å². The fourth-order valence-electron chi connectivity index (χ4n) is 1.25. The number of amides is 2. The number of ether oxygens (including phenoxy) is 1. The van der Waals surface area contributed by atoms with Gasteiger partial charge in [0.15, 0.2) is 0 Å². The molecular weight excluding hydrogens is 236 g/mol. The molecule has 1 atom stereocenters. The Balaban J connectivity index is 3.62. The first-order valence-corrected chi connectivity index (χ1v) is 6.05. The molecular formula is C12H22N2O4. The van der Waals surface area contributed by atoms with Gasteiger partial charge >= 0.3 is 12.0 Å². The fraction of sp³-hybridized carbons (Fsp3) is 0.667. The SMILES string of the molecule is C=CCCOCCNC(=O)NC(CC)CC(=O)O. The zero-order valence-electron chi connectivity index (χ0n) is 10.8. The minimum Gasteiger partial charge on any atom is -0.481 e. The Morgan fingerprint density at radius 1 is 1.44 bits per heavy atom. The van der Waals surface area contributed by atoms with E-state index in [4.69, 9.17) is 9.84 Å². The summed E-state index contributed by atoms with van der Waals surface area (Å²) in [6.45, 7) is 6.80. The van der Waals surface area contributed by atoms with E-state index in [1.165, 1.54) is 0 Å². The molecule has 0 spiro atoms. The number of aliphatic carboxylic acids is 1. The molecule has 0 bridgehead atoms. The Hall–Kier alpha value is -1.56. The Morgan fingerprint density at radius 3 is 2.72 bits per heavy atom. The summed E-state index contributed by atoms with van der Waals surface area (Å²) in [6.07, 6.45) is 3.05. The summed E-state index contributed by atoms with van der Waals surface area (Å²) in [7, 11) is 0. The average molecular weight is 258 g/mol. The lowest BCUT2D eigenvalue weighted by Crippen LogP contribution is -2.43. The summed E-state index contributed by atoms with van der Waals surface area (Å²) in [5.74, 6) is -0.921. The van der Waals surface area contributed by atoms with Gasteiger partial charge in [-0.05, 0) is 12.8 Å². The highest BCUT2D eigenvalue weighted by molar-refractivity contribution is 5.75. The zero-order chi connectivity index (χ0) is 13.8. The Bertz CT molecular complexity index is 269. The summed E-state index contributed by atoms with van der Waals surface area (Å²) in [4.78, 5) is 21.9. The second-order valence-electron chi connectivity index (χ2n) is 3.79. The molecule has 0 heterocycles. The molecule has 6 heteroatoms. The van der Waals surface area contributed by atoms with Crippen molar-refractivity contribution in [3.8, 4) is 0 Å². The van der Waals surface area contributed by atoms with Crippen LogP contribution >= 0.6 is 0 Å². The van der Waals surface area contributed by atoms with Crippen molar-refractivity contribution in [3.63, 3.8) is 0 Å². The van der Waals surface area contributed by atoms with Crippen molar-refractivity contribution in [2.24, 2.45) is 0 Å². The van der Waals surface area contributed by atoms with Crippen molar-refractivity contribution in [2.45, 2.75) is 32.2 Å². The Kier molecular flexibility index (Phi) is 9.67. The summed E-state index contributed by atoms with van der Waals surface area (Å²) in [6, 6.07) is -0.709. The van der Waals surface area contributed by atoms with Crippen LogP contribution in [-0.4, -0.2) is 42.9 Å². The van der Waals surface area contributed by atoms with E-state index in [1.54, 1.807) is 6.08 Å². The number of hydrogen-bond donors (Lipinski definition) is 3. The van der Waals surface area contributed by atoms with Crippen LogP contribution in [0.5, 0.6) is 0 Å². The van der Waals surface area contributed by atoms with Gasteiger partial charge in [-0.25, -0.2) is 4.79 Å². The molecule has 0 aliphatic carbocycles. The van der Waals surface area contributed by atoms with Crippen molar-refractivity contribution < 1.29 is 19.4 Å². The molecule has 3 N–H and O–H groups in total. The smallest absolute Gasteiger partial charge is 0.315 e. The number of rotatable bonds is 10. The van der Waals surface area contributed by atoms with E-state index in [1.807, 2.05) is 6.92 Å². The van der Waals surface area contributed by atoms with Gasteiger partial charge in [-0.15, -0.1) is 6.58 Å². The standard InChI is InChI=1S/C12H22N2O4/c1-3-5-7-18-8-6-13-12(17)14-10(4-2)9-11(15)16/h3,10H,1,4-9H2,2H3,(H,15,16)(H2,13,14,17). The van der Waals surface area contributed by atoms with Crippen molar-refractivity contribution in [3.05, 3.63) is 12.7 Å². The molecule has 0 aromatic heterocycles. The monoisotopic (exact) mass is 258 g/mol. The molecule has 104 valence electrons. The third kappa shape index (κ3) is 9.65. The molecule has 2 amide bonds. The second-order valence-corrected chi connectivity index (χ2v) is 3.79. The average Bonchev–Trinajstić information content (AvgIpc) is 2.32. The maximum Gasteiger partial charge on any atom is 0.315 e. The third-order valence-electron chi connectivity index (χ3n) is 2.25. The number of carbonyl (C=O) groups is 2. The fourth-order valence-corrected chi connectivity index (χ4v) is 1.25. The van der Waals surface area contributed by atoms with Crippen molar-refractivity contribution in [2.75, 3.05) is 19.8 Å². The van der Waals surface area contributed by atoms with Crippen LogP contribution in [0.1, 0.15) is 26.2 Å². The van der Waals surface area contributed by atoms with Gasteiger partial charge < -0.3 is 20.5 Å². The Morgan fingerprint density at radius 2 is 2.17 bits per heavy atom. The highest BCUT2D eigenvalue weighted by Gasteiger charge is 2.13. The maximum atomic E-state index is 11.4. The van der Waals surface area contributed by atoms with Crippen LogP contribution in [-0.2, 0) is 9.53 Å². The van der Waals surface area contributed by atoms with E-state index in [9.17, 15) is 9.59 Å². The first kappa shape index (κ1) is 16.4. The molecule has 0 saturated carbocycles. The van der Waals surface area contributed by atoms with Gasteiger partial charge in [-0.2, -0.15) is 0 Å². The predicted molar refractivity (Wildman–Crippen MR) is 68.5 cm³/mol. The molecule has 0 aromatic carbocycles. The minimum atomic E-state index is -0.921. The zero-order valence-corrected chi connectivity index (χ0v) is 10.8. The largest absolute Gasteiger partial charge is 0.481 e. The lowest BCUT2D eigenvalue weighted by Gasteiger charge is -2.15. The molecule has 6 nitrogen and oxygen atoms in total. The summed E-state index contributed by atoms with van der Waals surface area (Å²) >= 11 is 0. The molecule has 0 aliphatic rings. The van der Waals surface area contributed by atoms with Crippen LogP contribution in [0.15, 0.2) is 12.7 Å². The topological polar surface area (TPSA) is 87.7 Å². The Labute approximate surface area is 107 Å². The van der Waals surface area contributed by atoms with Gasteiger partial charge in [0.25, 0.3) is 0 Å². The molecule has 0 radical (unpaired) electrons. The van der Waals surface area contributed by atoms with Gasteiger partial charge in [0.2, 0.25) is 0 Å². The highest BCUT2D eigenvalue weighted by atomic mass is 16.5. The first-order chi connectivity index (χ1) is 8.60. The second kappa shape index (κ2) is 10.6. The van der Waals surface area contributed by atoms with Crippen molar-refractivity contribution in [1.82, 2.24) is 10.6 Å². The number of nitrogens with one attached hydrogen (secondary N) is 2. The van der Waals surface area contributed by atoms with Crippen molar-refractivity contribution >= 4 is 12.0 Å². The van der Waals surface area contributed by atoms with E-state index in [-0.39, 0.29) is 18.5 Å². The summed E-state index contributed by atoms with van der Waals surface area (Å²) in [5, 5.41) is 13.8. The van der Waals surface area contributed by atoms with Gasteiger partial charge in [-0.1, -0.05) is 13.0 Å². The van der Waals surface area contributed by atoms with Gasteiger partial charge in [0, 0.05) is 12.6 Å². The third-order valence-corrected chi connectivity index (χ3v) is 2.25. The normalized spacial score (nSPS) is 11.6. The van der Waals surface area contributed by atoms with Crippen LogP contribution in [0.2, 0.25) is 0 Å². The van der Waals surface area contributed by atoms with E-state index in [2.05, 4.69) is 17.2 Å². The number of hydrogen-bond acceptors (Lipinski definition) is 3. The number of carboxylic acid groups (broad SMARTS) is 1. The molecule has 1 unspecified atom stereocenters. The lowest BCUT2D eigenvalue weighted by molar-refractivity contribution is -0.137. The van der Waals surface area contributed by atoms with Crippen LogP contribution in [0.4, 0.5) is 4.79 Å². The molecule has 0 saturated heterocycles. The molecule has 0 aromatic rings. The van der Waals surface area contributed by atoms with Gasteiger partial charge in [0.1, 0.15) is 0 Å². The predicted octanol–water partition coefficient (Wildman–Crippen LogP) is 1.13.